The predicted molar refractivity (Wildman–Crippen MR) is 99.0 cm³/mol. The van der Waals surface area contributed by atoms with Crippen LogP contribution in [-0.2, 0) is 11.3 Å². The Morgan fingerprint density at radius 1 is 1.26 bits per heavy atom. The molecule has 0 fully saturated rings. The average molecular weight is 388 g/mol. The van der Waals surface area contributed by atoms with Gasteiger partial charge >= 0.3 is 5.97 Å². The molecule has 3 rings (SSSR count). The van der Waals surface area contributed by atoms with Crippen LogP contribution in [0.15, 0.2) is 53.6 Å². The fourth-order valence-corrected chi connectivity index (χ4v) is 2.78. The number of hydrogen-bond acceptors (Lipinski definition) is 6. The van der Waals surface area contributed by atoms with E-state index in [4.69, 9.17) is 16.3 Å². The van der Waals surface area contributed by atoms with Crippen molar-refractivity contribution in [3.8, 4) is 0 Å². The smallest absolute Gasteiger partial charge is 0.339 e. The number of aromatic nitrogens is 2. The maximum absolute atomic E-state index is 12.4. The number of fused-ring (bicyclic) bond motifs is 1. The highest BCUT2D eigenvalue weighted by molar-refractivity contribution is 6.33. The number of rotatable bonds is 6. The molecule has 3 aromatic rings. The van der Waals surface area contributed by atoms with Crippen LogP contribution in [-0.4, -0.2) is 27.1 Å². The van der Waals surface area contributed by atoms with E-state index in [2.05, 4.69) is 4.98 Å². The summed E-state index contributed by atoms with van der Waals surface area (Å²) in [7, 11) is 0. The number of carbonyl (C=O) groups excluding carboxylic acids is 1. The highest BCUT2D eigenvalue weighted by atomic mass is 35.5. The van der Waals surface area contributed by atoms with Crippen molar-refractivity contribution in [2.45, 2.75) is 13.0 Å². The second-order valence-corrected chi connectivity index (χ2v) is 6.08. The van der Waals surface area contributed by atoms with Gasteiger partial charge in [0.25, 0.3) is 11.2 Å². The summed E-state index contributed by atoms with van der Waals surface area (Å²) in [5, 5.41) is 11.2. The summed E-state index contributed by atoms with van der Waals surface area (Å²) < 4.78 is 6.58. The van der Waals surface area contributed by atoms with Gasteiger partial charge < -0.3 is 4.74 Å². The van der Waals surface area contributed by atoms with E-state index in [1.54, 1.807) is 18.2 Å². The first kappa shape index (κ1) is 18.5. The minimum absolute atomic E-state index is 0.0480. The quantitative estimate of drug-likeness (QED) is 0.278. The van der Waals surface area contributed by atoms with Crippen LogP contribution in [0, 0.1) is 10.1 Å². The molecule has 0 saturated heterocycles. The fraction of sp³-hybridized carbons (Fsp3) is 0.167. The van der Waals surface area contributed by atoms with Gasteiger partial charge in [-0.25, -0.2) is 9.78 Å². The summed E-state index contributed by atoms with van der Waals surface area (Å²) in [6.45, 7) is 0.392. The minimum Gasteiger partial charge on any atom is -0.462 e. The predicted octanol–water partition coefficient (Wildman–Crippen LogP) is 3.21. The van der Waals surface area contributed by atoms with Gasteiger partial charge in [0, 0.05) is 18.7 Å². The largest absolute Gasteiger partial charge is 0.462 e. The van der Waals surface area contributed by atoms with Gasteiger partial charge in [0.05, 0.1) is 39.3 Å². The molecule has 0 radical (unpaired) electrons. The molecule has 27 heavy (non-hydrogen) atoms. The van der Waals surface area contributed by atoms with Crippen LogP contribution in [0.3, 0.4) is 0 Å². The number of esters is 1. The van der Waals surface area contributed by atoms with Crippen LogP contribution in [0.5, 0.6) is 0 Å². The second-order valence-electron chi connectivity index (χ2n) is 5.67. The minimum atomic E-state index is -0.682. The summed E-state index contributed by atoms with van der Waals surface area (Å²) in [6.07, 6.45) is 1.86. The van der Waals surface area contributed by atoms with Crippen molar-refractivity contribution in [2.75, 3.05) is 6.61 Å². The van der Waals surface area contributed by atoms with Crippen LogP contribution >= 0.6 is 11.6 Å². The van der Waals surface area contributed by atoms with E-state index >= 15 is 0 Å². The molecule has 0 atom stereocenters. The molecule has 138 valence electrons. The fourth-order valence-electron chi connectivity index (χ4n) is 2.53. The van der Waals surface area contributed by atoms with Gasteiger partial charge in [-0.2, -0.15) is 0 Å². The van der Waals surface area contributed by atoms with E-state index in [1.165, 1.54) is 23.0 Å². The lowest BCUT2D eigenvalue weighted by atomic mass is 10.2. The van der Waals surface area contributed by atoms with Crippen molar-refractivity contribution in [1.29, 1.82) is 0 Å². The summed E-state index contributed by atoms with van der Waals surface area (Å²) in [5.74, 6) is -0.682. The highest BCUT2D eigenvalue weighted by Gasteiger charge is 2.16. The van der Waals surface area contributed by atoms with Gasteiger partial charge in [-0.15, -0.1) is 0 Å². The number of halogens is 1. The third-order valence-electron chi connectivity index (χ3n) is 3.89. The van der Waals surface area contributed by atoms with E-state index in [1.807, 2.05) is 6.07 Å². The van der Waals surface area contributed by atoms with Crippen molar-refractivity contribution < 1.29 is 14.5 Å². The third kappa shape index (κ3) is 4.12. The number of hydrogen-bond donors (Lipinski definition) is 0. The van der Waals surface area contributed by atoms with Crippen LogP contribution < -0.4 is 5.56 Å². The lowest BCUT2D eigenvalue weighted by Gasteiger charge is -2.08. The molecule has 9 heteroatoms. The number of nitro benzene ring substituents is 1. The molecule has 0 saturated carbocycles. The molecule has 0 aliphatic carbocycles. The molecule has 2 aromatic carbocycles. The normalized spacial score (nSPS) is 10.7. The molecular formula is C18H14ClN3O5. The molecular weight excluding hydrogens is 374 g/mol. The van der Waals surface area contributed by atoms with Crippen LogP contribution in [0.25, 0.3) is 10.9 Å². The van der Waals surface area contributed by atoms with Crippen molar-refractivity contribution in [1.82, 2.24) is 9.55 Å². The summed E-state index contributed by atoms with van der Waals surface area (Å²) >= 11 is 5.89. The third-order valence-corrected chi connectivity index (χ3v) is 4.20. The number of carbonyl (C=O) groups is 1. The Bertz CT molecular complexity index is 1080. The molecule has 1 aromatic heterocycles. The first-order chi connectivity index (χ1) is 13.0. The lowest BCUT2D eigenvalue weighted by Crippen LogP contribution is -2.21. The first-order valence-corrected chi connectivity index (χ1v) is 8.40. The summed E-state index contributed by atoms with van der Waals surface area (Å²) in [4.78, 5) is 38.7. The van der Waals surface area contributed by atoms with Crippen LogP contribution in [0.2, 0.25) is 5.02 Å². The van der Waals surface area contributed by atoms with Crippen molar-refractivity contribution in [3.05, 3.63) is 79.8 Å². The number of nitro groups is 1. The molecule has 0 N–H and O–H groups in total. The molecule has 0 aliphatic heterocycles. The lowest BCUT2D eigenvalue weighted by molar-refractivity contribution is -0.384. The number of ether oxygens (including phenoxy) is 1. The maximum atomic E-state index is 12.4. The zero-order valence-corrected chi connectivity index (χ0v) is 14.8. The number of aryl methyl sites for hydroxylation is 1. The zero-order chi connectivity index (χ0) is 19.4. The second kappa shape index (κ2) is 7.96. The number of benzene rings is 2. The topological polar surface area (TPSA) is 104 Å². The zero-order valence-electron chi connectivity index (χ0n) is 14.0. The standard InChI is InChI=1S/C18H14ClN3O5/c19-15-10-12(22(25)26)6-7-13(15)18(24)27-9-3-8-21-11-20-16-5-2-1-4-14(16)17(21)23/h1-2,4-7,10-11H,3,8-9H2. The van der Waals surface area contributed by atoms with Crippen LogP contribution in [0.4, 0.5) is 5.69 Å². The summed E-state index contributed by atoms with van der Waals surface area (Å²) in [6, 6.07) is 10.6. The van der Waals surface area contributed by atoms with E-state index in [0.29, 0.717) is 23.9 Å². The average Bonchev–Trinajstić information content (AvgIpc) is 2.66. The Labute approximate surface area is 158 Å². The van der Waals surface area contributed by atoms with Gasteiger partial charge in [0.15, 0.2) is 0 Å². The Balaban J connectivity index is 1.59. The molecule has 0 spiro atoms. The monoisotopic (exact) mass is 387 g/mol. The van der Waals surface area contributed by atoms with E-state index in [-0.39, 0.29) is 28.4 Å². The molecule has 8 nitrogen and oxygen atoms in total. The molecule has 0 amide bonds. The van der Waals surface area contributed by atoms with Gasteiger partial charge in [0.2, 0.25) is 0 Å². The highest BCUT2D eigenvalue weighted by Crippen LogP contribution is 2.23. The Morgan fingerprint density at radius 2 is 2.04 bits per heavy atom. The molecule has 0 bridgehead atoms. The van der Waals surface area contributed by atoms with Crippen molar-refractivity contribution in [2.24, 2.45) is 0 Å². The van der Waals surface area contributed by atoms with Crippen molar-refractivity contribution in [3.63, 3.8) is 0 Å². The van der Waals surface area contributed by atoms with Gasteiger partial charge in [-0.3, -0.25) is 19.5 Å². The summed E-state index contributed by atoms with van der Waals surface area (Å²) in [5.41, 5.74) is 0.301. The van der Waals surface area contributed by atoms with Crippen molar-refractivity contribution >= 4 is 34.2 Å². The number of non-ortho nitro benzene ring substituents is 1. The van der Waals surface area contributed by atoms with E-state index < -0.39 is 10.9 Å². The first-order valence-electron chi connectivity index (χ1n) is 8.02. The molecule has 1 heterocycles. The number of nitrogens with zero attached hydrogens (tertiary/aromatic N) is 3. The molecule has 0 aliphatic rings. The van der Waals surface area contributed by atoms with Gasteiger partial charge in [-0.05, 0) is 24.6 Å². The van der Waals surface area contributed by atoms with E-state index in [0.717, 1.165) is 6.07 Å². The van der Waals surface area contributed by atoms with Gasteiger partial charge in [0.1, 0.15) is 0 Å². The maximum Gasteiger partial charge on any atom is 0.339 e. The van der Waals surface area contributed by atoms with E-state index in [9.17, 15) is 19.7 Å². The molecule has 0 unspecified atom stereocenters. The van der Waals surface area contributed by atoms with Gasteiger partial charge in [-0.1, -0.05) is 23.7 Å². The Hall–Kier alpha value is -3.26. The Morgan fingerprint density at radius 3 is 2.78 bits per heavy atom. The number of para-hydroxylation sites is 1. The van der Waals surface area contributed by atoms with Crippen LogP contribution in [0.1, 0.15) is 16.8 Å². The Kier molecular flexibility index (Phi) is 5.46. The SMILES string of the molecule is O=C(OCCCn1cnc2ccccc2c1=O)c1ccc([N+](=O)[O-])cc1Cl.